The summed E-state index contributed by atoms with van der Waals surface area (Å²) >= 11 is 0. The normalized spacial score (nSPS) is 11.5. The number of Topliss-reactive ketones (excluding diaryl/α,β-unsaturated/α-hetero) is 1. The summed E-state index contributed by atoms with van der Waals surface area (Å²) in [6, 6.07) is 7.68. The molecular weight excluding hydrogens is 186 g/mol. The van der Waals surface area contributed by atoms with Crippen LogP contribution in [0.5, 0.6) is 0 Å². The minimum Gasteiger partial charge on any atom is -0.326 e. The summed E-state index contributed by atoms with van der Waals surface area (Å²) < 4.78 is 0. The van der Waals surface area contributed by atoms with Gasteiger partial charge in [0.1, 0.15) is 0 Å². The van der Waals surface area contributed by atoms with E-state index in [9.17, 15) is 4.79 Å². The van der Waals surface area contributed by atoms with Gasteiger partial charge in [-0.3, -0.25) is 4.79 Å². The van der Waals surface area contributed by atoms with Crippen LogP contribution in [0.3, 0.4) is 0 Å². The van der Waals surface area contributed by atoms with Crippen LogP contribution in [0.4, 0.5) is 0 Å². The van der Waals surface area contributed by atoms with Gasteiger partial charge in [0.2, 0.25) is 0 Å². The Kier molecular flexibility index (Phi) is 3.64. The molecule has 0 atom stereocenters. The molecule has 0 unspecified atom stereocenters. The highest BCUT2D eigenvalue weighted by Gasteiger charge is 2.15. The van der Waals surface area contributed by atoms with E-state index in [1.807, 2.05) is 45.0 Å². The van der Waals surface area contributed by atoms with Gasteiger partial charge in [0, 0.05) is 17.5 Å². The standard InChI is InChI=1S/C13H19NO/c1-10-6-4-5-7-11(10)12(15)8-9-13(2,3)14/h4-7H,8-9,14H2,1-3H3. The van der Waals surface area contributed by atoms with E-state index in [1.165, 1.54) is 0 Å². The lowest BCUT2D eigenvalue weighted by Crippen LogP contribution is -2.32. The molecule has 0 saturated carbocycles. The van der Waals surface area contributed by atoms with Gasteiger partial charge in [-0.25, -0.2) is 0 Å². The molecule has 1 aromatic carbocycles. The molecule has 0 aromatic heterocycles. The van der Waals surface area contributed by atoms with E-state index in [0.717, 1.165) is 17.5 Å². The van der Waals surface area contributed by atoms with Crippen LogP contribution < -0.4 is 5.73 Å². The van der Waals surface area contributed by atoms with E-state index >= 15 is 0 Å². The number of hydrogen-bond acceptors (Lipinski definition) is 2. The Morgan fingerprint density at radius 2 is 1.93 bits per heavy atom. The maximum absolute atomic E-state index is 11.9. The van der Waals surface area contributed by atoms with Crippen LogP contribution in [0.25, 0.3) is 0 Å². The van der Waals surface area contributed by atoms with E-state index in [2.05, 4.69) is 0 Å². The average Bonchev–Trinajstić information content (AvgIpc) is 2.14. The minimum atomic E-state index is -0.266. The first-order chi connectivity index (χ1) is 6.90. The highest BCUT2D eigenvalue weighted by atomic mass is 16.1. The lowest BCUT2D eigenvalue weighted by molar-refractivity contribution is 0.0972. The third kappa shape index (κ3) is 3.84. The Morgan fingerprint density at radius 3 is 2.47 bits per heavy atom. The molecule has 0 aliphatic rings. The number of ketones is 1. The van der Waals surface area contributed by atoms with Gasteiger partial charge < -0.3 is 5.73 Å². The second-order valence-corrected chi connectivity index (χ2v) is 4.73. The Morgan fingerprint density at radius 1 is 1.33 bits per heavy atom. The number of carbonyl (C=O) groups is 1. The number of hydrogen-bond donors (Lipinski definition) is 1. The molecule has 0 amide bonds. The first-order valence-corrected chi connectivity index (χ1v) is 5.28. The van der Waals surface area contributed by atoms with Crippen molar-refractivity contribution >= 4 is 5.78 Å². The van der Waals surface area contributed by atoms with Gasteiger partial charge in [0.15, 0.2) is 5.78 Å². The molecule has 15 heavy (non-hydrogen) atoms. The predicted molar refractivity (Wildman–Crippen MR) is 63.0 cm³/mol. The topological polar surface area (TPSA) is 43.1 Å². The lowest BCUT2D eigenvalue weighted by atomic mass is 9.94. The highest BCUT2D eigenvalue weighted by Crippen LogP contribution is 2.14. The van der Waals surface area contributed by atoms with Crippen molar-refractivity contribution in [2.24, 2.45) is 5.73 Å². The molecular formula is C13H19NO. The summed E-state index contributed by atoms with van der Waals surface area (Å²) in [5.74, 6) is 0.187. The van der Waals surface area contributed by atoms with E-state index in [4.69, 9.17) is 5.73 Å². The number of aryl methyl sites for hydroxylation is 1. The molecule has 1 rings (SSSR count). The number of carbonyl (C=O) groups excluding carboxylic acids is 1. The quantitative estimate of drug-likeness (QED) is 0.768. The summed E-state index contributed by atoms with van der Waals surface area (Å²) in [7, 11) is 0. The number of rotatable bonds is 4. The molecule has 1 aromatic rings. The monoisotopic (exact) mass is 205 g/mol. The Bertz CT molecular complexity index is 350. The van der Waals surface area contributed by atoms with E-state index in [-0.39, 0.29) is 11.3 Å². The summed E-state index contributed by atoms with van der Waals surface area (Å²) in [6.45, 7) is 5.84. The molecule has 2 N–H and O–H groups in total. The Labute approximate surface area is 91.5 Å². The van der Waals surface area contributed by atoms with Gasteiger partial charge in [-0.1, -0.05) is 24.3 Å². The molecule has 0 fully saturated rings. The molecule has 0 heterocycles. The van der Waals surface area contributed by atoms with Crippen molar-refractivity contribution < 1.29 is 4.79 Å². The first-order valence-electron chi connectivity index (χ1n) is 5.28. The minimum absolute atomic E-state index is 0.187. The van der Waals surface area contributed by atoms with Crippen molar-refractivity contribution in [1.29, 1.82) is 0 Å². The van der Waals surface area contributed by atoms with E-state index in [1.54, 1.807) is 0 Å². The smallest absolute Gasteiger partial charge is 0.163 e. The largest absolute Gasteiger partial charge is 0.326 e. The van der Waals surface area contributed by atoms with Gasteiger partial charge in [-0.15, -0.1) is 0 Å². The Hall–Kier alpha value is -1.15. The third-order valence-corrected chi connectivity index (χ3v) is 2.44. The van der Waals surface area contributed by atoms with Crippen molar-refractivity contribution in [3.63, 3.8) is 0 Å². The fourth-order valence-electron chi connectivity index (χ4n) is 1.46. The lowest BCUT2D eigenvalue weighted by Gasteiger charge is -2.17. The maximum atomic E-state index is 11.9. The second kappa shape index (κ2) is 4.58. The molecule has 0 aliphatic carbocycles. The van der Waals surface area contributed by atoms with Gasteiger partial charge >= 0.3 is 0 Å². The molecule has 2 heteroatoms. The van der Waals surface area contributed by atoms with Crippen LogP contribution in [0.1, 0.15) is 42.6 Å². The molecule has 2 nitrogen and oxygen atoms in total. The summed E-state index contributed by atoms with van der Waals surface area (Å²) in [5, 5.41) is 0. The first kappa shape index (κ1) is 11.9. The molecule has 82 valence electrons. The van der Waals surface area contributed by atoms with E-state index in [0.29, 0.717) is 6.42 Å². The highest BCUT2D eigenvalue weighted by molar-refractivity contribution is 5.97. The van der Waals surface area contributed by atoms with Crippen molar-refractivity contribution in [3.8, 4) is 0 Å². The second-order valence-electron chi connectivity index (χ2n) is 4.73. The Balaban J connectivity index is 2.66. The van der Waals surface area contributed by atoms with Gasteiger partial charge in [0.05, 0.1) is 0 Å². The predicted octanol–water partition coefficient (Wildman–Crippen LogP) is 2.70. The molecule has 0 spiro atoms. The fraction of sp³-hybridized carbons (Fsp3) is 0.462. The van der Waals surface area contributed by atoms with Crippen molar-refractivity contribution in [2.75, 3.05) is 0 Å². The maximum Gasteiger partial charge on any atom is 0.163 e. The van der Waals surface area contributed by atoms with E-state index < -0.39 is 0 Å². The molecule has 0 aliphatic heterocycles. The third-order valence-electron chi connectivity index (χ3n) is 2.44. The fourth-order valence-corrected chi connectivity index (χ4v) is 1.46. The van der Waals surface area contributed by atoms with Crippen LogP contribution in [0.15, 0.2) is 24.3 Å². The van der Waals surface area contributed by atoms with Gasteiger partial charge in [0.25, 0.3) is 0 Å². The van der Waals surface area contributed by atoms with Crippen LogP contribution in [0.2, 0.25) is 0 Å². The molecule has 0 saturated heterocycles. The molecule has 0 radical (unpaired) electrons. The zero-order chi connectivity index (χ0) is 11.5. The zero-order valence-electron chi connectivity index (χ0n) is 9.71. The van der Waals surface area contributed by atoms with Crippen LogP contribution in [0, 0.1) is 6.92 Å². The summed E-state index contributed by atoms with van der Waals surface area (Å²) in [5.41, 5.74) is 7.44. The van der Waals surface area contributed by atoms with Crippen LogP contribution >= 0.6 is 0 Å². The van der Waals surface area contributed by atoms with Crippen LogP contribution in [-0.2, 0) is 0 Å². The molecule has 0 bridgehead atoms. The summed E-state index contributed by atoms with van der Waals surface area (Å²) in [4.78, 5) is 11.9. The number of benzene rings is 1. The van der Waals surface area contributed by atoms with Crippen molar-refractivity contribution in [3.05, 3.63) is 35.4 Å². The SMILES string of the molecule is Cc1ccccc1C(=O)CCC(C)(C)N. The van der Waals surface area contributed by atoms with Crippen LogP contribution in [-0.4, -0.2) is 11.3 Å². The average molecular weight is 205 g/mol. The summed E-state index contributed by atoms with van der Waals surface area (Å²) in [6.07, 6.45) is 1.24. The van der Waals surface area contributed by atoms with Gasteiger partial charge in [-0.05, 0) is 32.8 Å². The van der Waals surface area contributed by atoms with Crippen molar-refractivity contribution in [1.82, 2.24) is 0 Å². The zero-order valence-corrected chi connectivity index (χ0v) is 9.71. The number of nitrogens with two attached hydrogens (primary N) is 1. The van der Waals surface area contributed by atoms with Gasteiger partial charge in [-0.2, -0.15) is 0 Å². The van der Waals surface area contributed by atoms with Crippen molar-refractivity contribution in [2.45, 2.75) is 39.2 Å².